The molecule has 75 heavy (non-hydrogen) atoms. The molecular formula is C72H49N3. The van der Waals surface area contributed by atoms with E-state index in [1.165, 1.54) is 66.8 Å². The summed E-state index contributed by atoms with van der Waals surface area (Å²) in [7, 11) is 0. The Kier molecular flexibility index (Phi) is 10.7. The molecule has 14 rings (SSSR count). The summed E-state index contributed by atoms with van der Waals surface area (Å²) in [6.45, 7) is 0. The Hall–Kier alpha value is -9.83. The lowest BCUT2D eigenvalue weighted by Gasteiger charge is -2.32. The topological polar surface area (TPSA) is 19.4 Å². The van der Waals surface area contributed by atoms with Crippen LogP contribution in [0, 0.1) is 0 Å². The molecule has 0 bridgehead atoms. The Labute approximate surface area is 438 Å². The van der Waals surface area contributed by atoms with Crippen LogP contribution in [0.2, 0.25) is 0 Å². The van der Waals surface area contributed by atoms with E-state index in [1.807, 2.05) is 18.5 Å². The fraction of sp³-hybridized carbons (Fsp3) is 0.0139. The highest BCUT2D eigenvalue weighted by molar-refractivity contribution is 6.01. The second kappa shape index (κ2) is 18.3. The smallest absolute Gasteiger partial charge is 0.0726 e. The average Bonchev–Trinajstić information content (AvgIpc) is 4.17. The molecule has 0 saturated carbocycles. The summed E-state index contributed by atoms with van der Waals surface area (Å²) < 4.78 is 0. The van der Waals surface area contributed by atoms with E-state index in [-0.39, 0.29) is 0 Å². The summed E-state index contributed by atoms with van der Waals surface area (Å²) in [5, 5.41) is 0. The molecule has 3 nitrogen and oxygen atoms in total. The lowest BCUT2D eigenvalue weighted by atomic mass is 9.70. The first-order valence-corrected chi connectivity index (χ1v) is 25.8. The highest BCUT2D eigenvalue weighted by Gasteiger charge is 2.52. The number of hydrogen-bond acceptors (Lipinski definition) is 3. The lowest BCUT2D eigenvalue weighted by Crippen LogP contribution is -2.26. The molecule has 1 spiro atoms. The largest absolute Gasteiger partial charge is 0.311 e. The lowest BCUT2D eigenvalue weighted by molar-refractivity contribution is 0.794. The predicted octanol–water partition coefficient (Wildman–Crippen LogP) is 19.0. The second-order valence-electron chi connectivity index (χ2n) is 19.5. The zero-order valence-electron chi connectivity index (χ0n) is 41.1. The fourth-order valence-electron chi connectivity index (χ4n) is 12.0. The zero-order chi connectivity index (χ0) is 49.7. The summed E-state index contributed by atoms with van der Waals surface area (Å²) in [4.78, 5) is 9.22. The maximum Gasteiger partial charge on any atom is 0.0726 e. The van der Waals surface area contributed by atoms with E-state index in [0.717, 1.165) is 56.4 Å². The van der Waals surface area contributed by atoms with Gasteiger partial charge in [-0.3, -0.25) is 4.98 Å². The van der Waals surface area contributed by atoms with Gasteiger partial charge in [0.25, 0.3) is 0 Å². The van der Waals surface area contributed by atoms with E-state index in [9.17, 15) is 0 Å². The third kappa shape index (κ3) is 7.39. The van der Waals surface area contributed by atoms with Crippen molar-refractivity contribution in [1.29, 1.82) is 0 Å². The molecular weight excluding hydrogens is 907 g/mol. The molecule has 11 aromatic carbocycles. The Balaban J connectivity index is 0.856. The molecule has 3 heteroatoms. The van der Waals surface area contributed by atoms with Gasteiger partial charge in [-0.1, -0.05) is 212 Å². The number of pyridine rings is 1. The van der Waals surface area contributed by atoms with Crippen LogP contribution in [-0.2, 0) is 5.41 Å². The molecule has 0 aliphatic heterocycles. The number of nitrogens with zero attached hydrogens (tertiary/aromatic N) is 3. The standard InChI is InChI=1S/C72H49N3/c1-3-15-50(16-4-1)52-28-38-58(39-29-52)74(59-40-30-53(31-41-59)51-17-5-2-6-18-51)60-42-32-54(33-43-60)55-34-44-61(45-35-55)75(62-46-36-56(37-47-62)57-19-14-48-73-49-57)70-27-13-26-69-71(70)65-22-9-12-25-68(65)72(69)66-23-10-7-20-63(66)64-21-8-11-24-67(64)72/h1-49H. The highest BCUT2D eigenvalue weighted by atomic mass is 15.1. The monoisotopic (exact) mass is 955 g/mol. The van der Waals surface area contributed by atoms with Gasteiger partial charge in [-0.2, -0.15) is 0 Å². The first-order valence-electron chi connectivity index (χ1n) is 25.8. The van der Waals surface area contributed by atoms with Crippen LogP contribution >= 0.6 is 0 Å². The van der Waals surface area contributed by atoms with Gasteiger partial charge < -0.3 is 9.80 Å². The van der Waals surface area contributed by atoms with Gasteiger partial charge in [0, 0.05) is 46.4 Å². The van der Waals surface area contributed by atoms with E-state index in [4.69, 9.17) is 0 Å². The van der Waals surface area contributed by atoms with Gasteiger partial charge in [0.05, 0.1) is 11.1 Å². The molecule has 0 saturated heterocycles. The highest BCUT2D eigenvalue weighted by Crippen LogP contribution is 2.64. The Morgan fingerprint density at radius 1 is 0.240 bits per heavy atom. The Morgan fingerprint density at radius 2 is 0.573 bits per heavy atom. The quantitative estimate of drug-likeness (QED) is 0.136. The summed E-state index contributed by atoms with van der Waals surface area (Å²) in [5.74, 6) is 0. The van der Waals surface area contributed by atoms with Crippen molar-refractivity contribution in [2.45, 2.75) is 5.41 Å². The summed E-state index contributed by atoms with van der Waals surface area (Å²) >= 11 is 0. The van der Waals surface area contributed by atoms with Gasteiger partial charge in [-0.25, -0.2) is 0 Å². The van der Waals surface area contributed by atoms with Crippen molar-refractivity contribution in [2.24, 2.45) is 0 Å². The average molecular weight is 956 g/mol. The van der Waals surface area contributed by atoms with E-state index >= 15 is 0 Å². The molecule has 0 fully saturated rings. The number of fused-ring (bicyclic) bond motifs is 10. The third-order valence-electron chi connectivity index (χ3n) is 15.4. The van der Waals surface area contributed by atoms with E-state index < -0.39 is 5.41 Å². The number of aromatic nitrogens is 1. The maximum absolute atomic E-state index is 4.43. The van der Waals surface area contributed by atoms with Crippen molar-refractivity contribution < 1.29 is 0 Å². The molecule has 12 aromatic rings. The van der Waals surface area contributed by atoms with Crippen LogP contribution in [-0.4, -0.2) is 4.98 Å². The molecule has 2 aliphatic carbocycles. The summed E-state index contributed by atoms with van der Waals surface area (Å²) in [6, 6.07) is 104. The van der Waals surface area contributed by atoms with Gasteiger partial charge >= 0.3 is 0 Å². The summed E-state index contributed by atoms with van der Waals surface area (Å²) in [6.07, 6.45) is 3.76. The maximum atomic E-state index is 4.43. The van der Waals surface area contributed by atoms with Crippen molar-refractivity contribution in [1.82, 2.24) is 4.98 Å². The van der Waals surface area contributed by atoms with Crippen LogP contribution in [0.1, 0.15) is 22.3 Å². The minimum absolute atomic E-state index is 0.451. The molecule has 0 amide bonds. The first-order chi connectivity index (χ1) is 37.2. The first kappa shape index (κ1) is 43.9. The normalized spacial score (nSPS) is 12.4. The second-order valence-corrected chi connectivity index (χ2v) is 19.5. The molecule has 1 aromatic heterocycles. The van der Waals surface area contributed by atoms with Crippen molar-refractivity contribution in [3.63, 3.8) is 0 Å². The van der Waals surface area contributed by atoms with Crippen molar-refractivity contribution in [3.05, 3.63) is 320 Å². The van der Waals surface area contributed by atoms with Crippen LogP contribution in [0.3, 0.4) is 0 Å². The van der Waals surface area contributed by atoms with Crippen LogP contribution in [0.25, 0.3) is 66.8 Å². The molecule has 2 aliphatic rings. The zero-order valence-corrected chi connectivity index (χ0v) is 41.1. The van der Waals surface area contributed by atoms with Crippen LogP contribution in [0.15, 0.2) is 298 Å². The number of anilines is 6. The van der Waals surface area contributed by atoms with Crippen molar-refractivity contribution >= 4 is 34.1 Å². The third-order valence-corrected chi connectivity index (χ3v) is 15.4. The van der Waals surface area contributed by atoms with Gasteiger partial charge in [-0.15, -0.1) is 0 Å². The van der Waals surface area contributed by atoms with Crippen molar-refractivity contribution in [2.75, 3.05) is 9.80 Å². The van der Waals surface area contributed by atoms with Gasteiger partial charge in [0.2, 0.25) is 0 Å². The van der Waals surface area contributed by atoms with E-state index in [2.05, 4.69) is 294 Å². The fourth-order valence-corrected chi connectivity index (χ4v) is 12.0. The number of benzene rings is 11. The predicted molar refractivity (Wildman–Crippen MR) is 312 cm³/mol. The molecule has 0 radical (unpaired) electrons. The SMILES string of the molecule is c1ccc(-c2ccc(N(c3ccc(-c4ccccc4)cc3)c3ccc(-c4ccc(N(c5ccc(-c6cccnc6)cc5)c5cccc6c5-c5ccccc5C65c6ccccc6-c6ccccc65)cc4)cc3)cc2)cc1. The van der Waals surface area contributed by atoms with E-state index in [0.29, 0.717) is 0 Å². The number of hydrogen-bond donors (Lipinski definition) is 0. The summed E-state index contributed by atoms with van der Waals surface area (Å²) in [5.41, 5.74) is 25.8. The van der Waals surface area contributed by atoms with Gasteiger partial charge in [-0.05, 0) is 156 Å². The van der Waals surface area contributed by atoms with Crippen molar-refractivity contribution in [3.8, 4) is 66.8 Å². The van der Waals surface area contributed by atoms with Crippen LogP contribution < -0.4 is 9.80 Å². The minimum Gasteiger partial charge on any atom is -0.311 e. The van der Waals surface area contributed by atoms with E-state index in [1.54, 1.807) is 0 Å². The Bertz CT molecular complexity index is 3870. The minimum atomic E-state index is -0.451. The molecule has 0 N–H and O–H groups in total. The number of rotatable bonds is 10. The molecule has 1 heterocycles. The molecule has 0 atom stereocenters. The van der Waals surface area contributed by atoms with Crippen LogP contribution in [0.5, 0.6) is 0 Å². The van der Waals surface area contributed by atoms with Gasteiger partial charge in [0.1, 0.15) is 0 Å². The van der Waals surface area contributed by atoms with Crippen LogP contribution in [0.4, 0.5) is 34.1 Å². The Morgan fingerprint density at radius 3 is 1.00 bits per heavy atom. The molecule has 352 valence electrons. The van der Waals surface area contributed by atoms with Gasteiger partial charge in [0.15, 0.2) is 0 Å². The molecule has 0 unspecified atom stereocenters.